The molecule has 4 nitrogen and oxygen atoms in total. The van der Waals surface area contributed by atoms with Crippen LogP contribution in [0, 0.1) is 0 Å². The number of imidazole rings is 1. The zero-order valence-electron chi connectivity index (χ0n) is 14.0. The average Bonchev–Trinajstić information content (AvgIpc) is 3.11. The molecule has 0 aliphatic heterocycles. The van der Waals surface area contributed by atoms with E-state index in [1.54, 1.807) is 17.1 Å². The highest BCUT2D eigenvalue weighted by atomic mass is 16.2. The Morgan fingerprint density at radius 3 is 2.29 bits per heavy atom. The van der Waals surface area contributed by atoms with Gasteiger partial charge in [0.2, 0.25) is 0 Å². The maximum atomic E-state index is 12.9. The van der Waals surface area contributed by atoms with Gasteiger partial charge in [-0.1, -0.05) is 60.7 Å². The van der Waals surface area contributed by atoms with Crippen molar-refractivity contribution < 1.29 is 4.79 Å². The normalized spacial score (nSPS) is 10.8. The highest BCUT2D eigenvalue weighted by Gasteiger charge is 2.19. The molecule has 4 heteroatoms. The second-order valence-electron chi connectivity index (χ2n) is 6.02. The van der Waals surface area contributed by atoms with Crippen molar-refractivity contribution in [2.24, 2.45) is 0 Å². The van der Waals surface area contributed by atoms with E-state index in [1.807, 2.05) is 79.4 Å². The Morgan fingerprint density at radius 2 is 1.67 bits per heavy atom. The summed E-state index contributed by atoms with van der Waals surface area (Å²) in [5.74, 6) is 0. The summed E-state index contributed by atoms with van der Waals surface area (Å²) in [6, 6.07) is 19.9. The number of aromatic nitrogens is 2. The zero-order valence-corrected chi connectivity index (χ0v) is 14.0. The first-order valence-corrected chi connectivity index (χ1v) is 8.09. The van der Waals surface area contributed by atoms with E-state index >= 15 is 0 Å². The van der Waals surface area contributed by atoms with E-state index in [0.29, 0.717) is 6.54 Å². The van der Waals surface area contributed by atoms with Crippen molar-refractivity contribution in [2.75, 3.05) is 0 Å². The van der Waals surface area contributed by atoms with Gasteiger partial charge < -0.3 is 4.90 Å². The molecule has 1 amide bonds. The maximum absolute atomic E-state index is 12.9. The van der Waals surface area contributed by atoms with Crippen LogP contribution in [-0.2, 0) is 6.54 Å². The lowest BCUT2D eigenvalue weighted by Crippen LogP contribution is -2.38. The van der Waals surface area contributed by atoms with E-state index in [0.717, 1.165) is 16.8 Å². The molecule has 1 aromatic heterocycles. The zero-order chi connectivity index (χ0) is 16.9. The molecule has 0 N–H and O–H groups in total. The number of amides is 1. The molecule has 0 saturated heterocycles. The number of carbonyl (C=O) groups excluding carboxylic acids is 1. The molecule has 0 aliphatic rings. The molecule has 2 aromatic carbocycles. The quantitative estimate of drug-likeness (QED) is 0.713. The molecule has 0 atom stereocenters. The van der Waals surface area contributed by atoms with Crippen molar-refractivity contribution in [3.05, 3.63) is 78.8 Å². The Morgan fingerprint density at radius 1 is 1.04 bits per heavy atom. The highest BCUT2D eigenvalue weighted by Crippen LogP contribution is 2.17. The van der Waals surface area contributed by atoms with Gasteiger partial charge in [-0.25, -0.2) is 9.78 Å². The van der Waals surface area contributed by atoms with E-state index in [4.69, 9.17) is 0 Å². The lowest BCUT2D eigenvalue weighted by atomic mass is 10.2. The fourth-order valence-corrected chi connectivity index (χ4v) is 2.58. The third kappa shape index (κ3) is 3.54. The lowest BCUT2D eigenvalue weighted by Gasteiger charge is -2.26. The first-order valence-electron chi connectivity index (χ1n) is 8.09. The van der Waals surface area contributed by atoms with Gasteiger partial charge >= 0.3 is 6.03 Å². The van der Waals surface area contributed by atoms with Crippen LogP contribution in [0.3, 0.4) is 0 Å². The summed E-state index contributed by atoms with van der Waals surface area (Å²) in [4.78, 5) is 19.1. The van der Waals surface area contributed by atoms with E-state index in [1.165, 1.54) is 0 Å². The van der Waals surface area contributed by atoms with Crippen molar-refractivity contribution in [1.82, 2.24) is 14.5 Å². The number of carbonyl (C=O) groups is 1. The summed E-state index contributed by atoms with van der Waals surface area (Å²) in [5, 5.41) is 0. The fraction of sp³-hybridized carbons (Fsp3) is 0.200. The molecule has 0 saturated carbocycles. The van der Waals surface area contributed by atoms with Gasteiger partial charge in [0.1, 0.15) is 6.33 Å². The average molecular weight is 319 g/mol. The van der Waals surface area contributed by atoms with Crippen LogP contribution < -0.4 is 0 Å². The van der Waals surface area contributed by atoms with E-state index < -0.39 is 0 Å². The minimum atomic E-state index is -0.0662. The second-order valence-corrected chi connectivity index (χ2v) is 6.02. The summed E-state index contributed by atoms with van der Waals surface area (Å²) in [7, 11) is 0. The lowest BCUT2D eigenvalue weighted by molar-refractivity contribution is 0.181. The SMILES string of the molecule is CC(C)N(Cc1ccccc1)C(=O)n1cnc(-c2ccccc2)c1. The molecule has 3 rings (SSSR count). The fourth-order valence-electron chi connectivity index (χ4n) is 2.58. The molecular weight excluding hydrogens is 298 g/mol. The number of nitrogens with zero attached hydrogens (tertiary/aromatic N) is 3. The van der Waals surface area contributed by atoms with E-state index in [2.05, 4.69) is 4.98 Å². The van der Waals surface area contributed by atoms with Crippen LogP contribution in [0.15, 0.2) is 73.2 Å². The number of hydrogen-bond acceptors (Lipinski definition) is 2. The van der Waals surface area contributed by atoms with E-state index in [9.17, 15) is 4.79 Å². The molecule has 122 valence electrons. The summed E-state index contributed by atoms with van der Waals surface area (Å²) in [6.45, 7) is 4.63. The van der Waals surface area contributed by atoms with Crippen molar-refractivity contribution in [2.45, 2.75) is 26.4 Å². The molecule has 0 spiro atoms. The third-order valence-electron chi connectivity index (χ3n) is 3.94. The van der Waals surface area contributed by atoms with Crippen LogP contribution in [0.5, 0.6) is 0 Å². The van der Waals surface area contributed by atoms with Crippen molar-refractivity contribution >= 4 is 6.03 Å². The minimum Gasteiger partial charge on any atom is -0.317 e. The number of benzene rings is 2. The standard InChI is InChI=1S/C20H21N3O/c1-16(2)23(13-17-9-5-3-6-10-17)20(24)22-14-19(21-15-22)18-11-7-4-8-12-18/h3-12,14-16H,13H2,1-2H3. The molecule has 0 bridgehead atoms. The Balaban J connectivity index is 1.82. The Labute approximate surface area is 142 Å². The monoisotopic (exact) mass is 319 g/mol. The summed E-state index contributed by atoms with van der Waals surface area (Å²) < 4.78 is 1.56. The predicted octanol–water partition coefficient (Wildman–Crippen LogP) is 4.43. The van der Waals surface area contributed by atoms with Crippen LogP contribution in [0.2, 0.25) is 0 Å². The van der Waals surface area contributed by atoms with Crippen molar-refractivity contribution in [3.8, 4) is 11.3 Å². The van der Waals surface area contributed by atoms with Crippen molar-refractivity contribution in [1.29, 1.82) is 0 Å². The number of rotatable bonds is 4. The van der Waals surface area contributed by atoms with Gasteiger partial charge in [-0.2, -0.15) is 0 Å². The molecule has 24 heavy (non-hydrogen) atoms. The minimum absolute atomic E-state index is 0.0662. The van der Waals surface area contributed by atoms with Gasteiger partial charge in [0.25, 0.3) is 0 Å². The van der Waals surface area contributed by atoms with Crippen LogP contribution >= 0.6 is 0 Å². The summed E-state index contributed by atoms with van der Waals surface area (Å²) in [6.07, 6.45) is 3.38. The van der Waals surface area contributed by atoms with Crippen molar-refractivity contribution in [3.63, 3.8) is 0 Å². The maximum Gasteiger partial charge on any atom is 0.329 e. The molecular formula is C20H21N3O. The number of hydrogen-bond donors (Lipinski definition) is 0. The Kier molecular flexibility index (Phi) is 4.75. The third-order valence-corrected chi connectivity index (χ3v) is 3.94. The molecule has 0 aliphatic carbocycles. The Bertz CT molecular complexity index is 794. The van der Waals surface area contributed by atoms with E-state index in [-0.39, 0.29) is 12.1 Å². The van der Waals surface area contributed by atoms with Gasteiger partial charge in [-0.15, -0.1) is 0 Å². The summed E-state index contributed by atoms with van der Waals surface area (Å²) >= 11 is 0. The van der Waals surface area contributed by atoms with Gasteiger partial charge in [-0.3, -0.25) is 4.57 Å². The van der Waals surface area contributed by atoms with Crippen LogP contribution in [0.25, 0.3) is 11.3 Å². The van der Waals surface area contributed by atoms with Gasteiger partial charge in [-0.05, 0) is 19.4 Å². The van der Waals surface area contributed by atoms with Gasteiger partial charge in [0.05, 0.1) is 5.69 Å². The molecule has 0 fully saturated rings. The predicted molar refractivity (Wildman–Crippen MR) is 95.6 cm³/mol. The van der Waals surface area contributed by atoms with Gasteiger partial charge in [0, 0.05) is 24.3 Å². The highest BCUT2D eigenvalue weighted by molar-refractivity contribution is 5.78. The molecule has 1 heterocycles. The van der Waals surface area contributed by atoms with Gasteiger partial charge in [0.15, 0.2) is 0 Å². The van der Waals surface area contributed by atoms with Crippen LogP contribution in [0.4, 0.5) is 4.79 Å². The molecule has 0 unspecified atom stereocenters. The Hall–Kier alpha value is -2.88. The molecule has 0 radical (unpaired) electrons. The topological polar surface area (TPSA) is 38.1 Å². The first-order chi connectivity index (χ1) is 11.6. The van der Waals surface area contributed by atoms with Crippen LogP contribution in [-0.4, -0.2) is 26.5 Å². The van der Waals surface area contributed by atoms with Crippen LogP contribution in [0.1, 0.15) is 19.4 Å². The summed E-state index contributed by atoms with van der Waals surface area (Å²) in [5.41, 5.74) is 2.92. The molecule has 3 aromatic rings. The first kappa shape index (κ1) is 16.0. The largest absolute Gasteiger partial charge is 0.329 e. The second kappa shape index (κ2) is 7.13. The smallest absolute Gasteiger partial charge is 0.317 e.